The predicted octanol–water partition coefficient (Wildman–Crippen LogP) is 2.82. The van der Waals surface area contributed by atoms with Crippen LogP contribution >= 0.6 is 0 Å². The maximum atomic E-state index is 12.4. The molecule has 1 aliphatic heterocycles. The largest absolute Gasteiger partial charge is 0.368 e. The quantitative estimate of drug-likeness (QED) is 0.796. The minimum absolute atomic E-state index is 0.00747. The van der Waals surface area contributed by atoms with Gasteiger partial charge in [-0.2, -0.15) is 5.10 Å². The van der Waals surface area contributed by atoms with E-state index in [0.717, 1.165) is 24.3 Å². The zero-order valence-corrected chi connectivity index (χ0v) is 14.4. The molecule has 4 rings (SSSR count). The van der Waals surface area contributed by atoms with Gasteiger partial charge in [-0.25, -0.2) is 9.50 Å². The molecule has 1 aliphatic rings. The molecule has 0 spiro atoms. The summed E-state index contributed by atoms with van der Waals surface area (Å²) in [5.41, 5.74) is 4.12. The molecule has 2 aromatic heterocycles. The normalized spacial score (nSPS) is 14.6. The van der Waals surface area contributed by atoms with Crippen LogP contribution in [-0.2, 0) is 11.2 Å². The van der Waals surface area contributed by atoms with E-state index in [0.29, 0.717) is 12.2 Å². The van der Waals surface area contributed by atoms with Gasteiger partial charge in [0.2, 0.25) is 5.91 Å². The molecule has 0 bridgehead atoms. The van der Waals surface area contributed by atoms with Crippen LogP contribution in [0, 0.1) is 6.92 Å². The number of nitrogens with one attached hydrogen (secondary N) is 1. The van der Waals surface area contributed by atoms with Crippen molar-refractivity contribution >= 4 is 22.9 Å². The summed E-state index contributed by atoms with van der Waals surface area (Å²) in [5, 5.41) is 7.24. The Kier molecular flexibility index (Phi) is 3.87. The first-order valence-corrected chi connectivity index (χ1v) is 8.57. The summed E-state index contributed by atoms with van der Waals surface area (Å²) in [7, 11) is 0. The van der Waals surface area contributed by atoms with E-state index in [2.05, 4.69) is 51.5 Å². The zero-order valence-electron chi connectivity index (χ0n) is 14.4. The number of carbonyl (C=O) groups excluding carboxylic acids is 1. The standard InChI is InChI=1S/C19H21N5O/c1-13(23-10-9-15-5-3-4-6-17(15)23)11-19(25)21-16-7-8-18-20-14(2)22-24(18)12-16/h3-8,12-13H,9-11H2,1-2H3,(H,21,25). The highest BCUT2D eigenvalue weighted by atomic mass is 16.1. The molecular formula is C19H21N5O. The van der Waals surface area contributed by atoms with Crippen LogP contribution in [0.5, 0.6) is 0 Å². The first-order chi connectivity index (χ1) is 12.1. The topological polar surface area (TPSA) is 62.5 Å². The molecule has 25 heavy (non-hydrogen) atoms. The van der Waals surface area contributed by atoms with E-state index in [1.54, 1.807) is 10.7 Å². The van der Waals surface area contributed by atoms with Gasteiger partial charge < -0.3 is 10.2 Å². The van der Waals surface area contributed by atoms with Gasteiger partial charge in [0.25, 0.3) is 0 Å². The van der Waals surface area contributed by atoms with Gasteiger partial charge in [-0.15, -0.1) is 0 Å². The van der Waals surface area contributed by atoms with Crippen molar-refractivity contribution in [2.24, 2.45) is 0 Å². The third-order valence-corrected chi connectivity index (χ3v) is 4.66. The maximum absolute atomic E-state index is 12.4. The van der Waals surface area contributed by atoms with E-state index >= 15 is 0 Å². The number of hydrogen-bond acceptors (Lipinski definition) is 4. The van der Waals surface area contributed by atoms with Crippen molar-refractivity contribution in [3.63, 3.8) is 0 Å². The summed E-state index contributed by atoms with van der Waals surface area (Å²) in [6, 6.07) is 12.3. The number of pyridine rings is 1. The van der Waals surface area contributed by atoms with Crippen LogP contribution in [0.2, 0.25) is 0 Å². The lowest BCUT2D eigenvalue weighted by Gasteiger charge is -2.27. The Morgan fingerprint density at radius 1 is 1.28 bits per heavy atom. The molecular weight excluding hydrogens is 314 g/mol. The van der Waals surface area contributed by atoms with E-state index in [1.165, 1.54) is 11.3 Å². The summed E-state index contributed by atoms with van der Waals surface area (Å²) in [6.07, 6.45) is 3.29. The monoisotopic (exact) mass is 335 g/mol. The van der Waals surface area contributed by atoms with Gasteiger partial charge in [-0.3, -0.25) is 4.79 Å². The Labute approximate surface area is 146 Å². The van der Waals surface area contributed by atoms with E-state index in [1.807, 2.05) is 19.1 Å². The highest BCUT2D eigenvalue weighted by molar-refractivity contribution is 5.91. The number of fused-ring (bicyclic) bond motifs is 2. The van der Waals surface area contributed by atoms with Gasteiger partial charge in [-0.05, 0) is 44.0 Å². The molecule has 128 valence electrons. The second kappa shape index (κ2) is 6.20. The van der Waals surface area contributed by atoms with Gasteiger partial charge in [0, 0.05) is 24.7 Å². The van der Waals surface area contributed by atoms with Crippen molar-refractivity contribution in [2.75, 3.05) is 16.8 Å². The number of aryl methyl sites for hydroxylation is 1. The van der Waals surface area contributed by atoms with Gasteiger partial charge >= 0.3 is 0 Å². The van der Waals surface area contributed by atoms with Gasteiger partial charge in [-0.1, -0.05) is 18.2 Å². The summed E-state index contributed by atoms with van der Waals surface area (Å²) in [4.78, 5) is 19.1. The molecule has 0 fully saturated rings. The van der Waals surface area contributed by atoms with Crippen molar-refractivity contribution < 1.29 is 4.79 Å². The second-order valence-corrected chi connectivity index (χ2v) is 6.55. The Morgan fingerprint density at radius 3 is 3.00 bits per heavy atom. The molecule has 1 unspecified atom stereocenters. The molecule has 1 atom stereocenters. The Hall–Kier alpha value is -2.89. The third-order valence-electron chi connectivity index (χ3n) is 4.66. The summed E-state index contributed by atoms with van der Waals surface area (Å²) in [6.45, 7) is 4.92. The fourth-order valence-electron chi connectivity index (χ4n) is 3.48. The molecule has 0 radical (unpaired) electrons. The molecule has 3 heterocycles. The lowest BCUT2D eigenvalue weighted by atomic mass is 10.1. The van der Waals surface area contributed by atoms with Crippen LogP contribution in [-0.4, -0.2) is 33.1 Å². The number of nitrogens with zero attached hydrogens (tertiary/aromatic N) is 4. The molecule has 0 saturated heterocycles. The highest BCUT2D eigenvalue weighted by Crippen LogP contribution is 2.30. The van der Waals surface area contributed by atoms with Crippen molar-refractivity contribution in [1.29, 1.82) is 0 Å². The fourth-order valence-corrected chi connectivity index (χ4v) is 3.48. The summed E-state index contributed by atoms with van der Waals surface area (Å²) < 4.78 is 1.69. The Morgan fingerprint density at radius 2 is 2.12 bits per heavy atom. The molecule has 1 amide bonds. The van der Waals surface area contributed by atoms with Crippen LogP contribution in [0.1, 0.15) is 24.7 Å². The summed E-state index contributed by atoms with van der Waals surface area (Å²) in [5.74, 6) is 0.720. The van der Waals surface area contributed by atoms with Crippen molar-refractivity contribution in [3.8, 4) is 0 Å². The number of aromatic nitrogens is 3. The number of anilines is 2. The number of carbonyl (C=O) groups is 1. The van der Waals surface area contributed by atoms with Crippen LogP contribution in [0.4, 0.5) is 11.4 Å². The number of hydrogen-bond donors (Lipinski definition) is 1. The van der Waals surface area contributed by atoms with E-state index in [-0.39, 0.29) is 11.9 Å². The second-order valence-electron chi connectivity index (χ2n) is 6.55. The number of amides is 1. The molecule has 0 aliphatic carbocycles. The average Bonchev–Trinajstić information content (AvgIpc) is 3.16. The SMILES string of the molecule is Cc1nc2ccc(NC(=O)CC(C)N3CCc4ccccc43)cn2n1. The predicted molar refractivity (Wildman–Crippen MR) is 97.9 cm³/mol. The first-order valence-electron chi connectivity index (χ1n) is 8.57. The molecule has 6 nitrogen and oxygen atoms in total. The smallest absolute Gasteiger partial charge is 0.226 e. The van der Waals surface area contributed by atoms with Crippen LogP contribution in [0.25, 0.3) is 5.65 Å². The molecule has 1 N–H and O–H groups in total. The third kappa shape index (κ3) is 3.07. The number of rotatable bonds is 4. The maximum Gasteiger partial charge on any atom is 0.226 e. The van der Waals surface area contributed by atoms with Crippen LogP contribution < -0.4 is 10.2 Å². The lowest BCUT2D eigenvalue weighted by Crippen LogP contribution is -2.34. The van der Waals surface area contributed by atoms with Gasteiger partial charge in [0.1, 0.15) is 5.82 Å². The minimum Gasteiger partial charge on any atom is -0.368 e. The molecule has 6 heteroatoms. The van der Waals surface area contributed by atoms with Gasteiger partial charge in [0.15, 0.2) is 5.65 Å². The molecule has 3 aromatic rings. The van der Waals surface area contributed by atoms with Crippen molar-refractivity contribution in [1.82, 2.24) is 14.6 Å². The van der Waals surface area contributed by atoms with E-state index in [4.69, 9.17) is 0 Å². The van der Waals surface area contributed by atoms with Crippen molar-refractivity contribution in [2.45, 2.75) is 32.7 Å². The average molecular weight is 335 g/mol. The lowest BCUT2D eigenvalue weighted by molar-refractivity contribution is -0.116. The zero-order chi connectivity index (χ0) is 17.4. The minimum atomic E-state index is 0.00747. The Balaban J connectivity index is 1.43. The Bertz CT molecular complexity index is 932. The number of para-hydroxylation sites is 1. The van der Waals surface area contributed by atoms with Crippen LogP contribution in [0.15, 0.2) is 42.6 Å². The summed E-state index contributed by atoms with van der Waals surface area (Å²) >= 11 is 0. The first kappa shape index (κ1) is 15.6. The molecule has 1 aromatic carbocycles. The van der Waals surface area contributed by atoms with Crippen LogP contribution in [0.3, 0.4) is 0 Å². The highest BCUT2D eigenvalue weighted by Gasteiger charge is 2.24. The van der Waals surface area contributed by atoms with Crippen molar-refractivity contribution in [3.05, 3.63) is 54.0 Å². The number of benzene rings is 1. The van der Waals surface area contributed by atoms with E-state index < -0.39 is 0 Å². The fraction of sp³-hybridized carbons (Fsp3) is 0.316. The van der Waals surface area contributed by atoms with Gasteiger partial charge in [0.05, 0.1) is 11.9 Å². The molecule has 0 saturated carbocycles. The van der Waals surface area contributed by atoms with E-state index in [9.17, 15) is 4.79 Å².